The predicted molar refractivity (Wildman–Crippen MR) is 68.0 cm³/mol. The van der Waals surface area contributed by atoms with Gasteiger partial charge in [0, 0.05) is 13.7 Å². The van der Waals surface area contributed by atoms with Gasteiger partial charge < -0.3 is 9.84 Å². The van der Waals surface area contributed by atoms with Gasteiger partial charge in [-0.25, -0.2) is 0 Å². The summed E-state index contributed by atoms with van der Waals surface area (Å²) in [5, 5.41) is 9.46. The number of ether oxygens (including phenoxy) is 1. The summed E-state index contributed by atoms with van der Waals surface area (Å²) >= 11 is 0. The summed E-state index contributed by atoms with van der Waals surface area (Å²) < 4.78 is 5.02. The zero-order valence-corrected chi connectivity index (χ0v) is 11.2. The maximum atomic E-state index is 11.5. The highest BCUT2D eigenvalue weighted by Crippen LogP contribution is 2.43. The molecule has 0 aromatic heterocycles. The number of carboxylic acids is 1. The van der Waals surface area contributed by atoms with Crippen molar-refractivity contribution in [1.82, 2.24) is 0 Å². The van der Waals surface area contributed by atoms with Crippen LogP contribution in [0.15, 0.2) is 0 Å². The first kappa shape index (κ1) is 14.5. The summed E-state index contributed by atoms with van der Waals surface area (Å²) in [6.07, 6.45) is 8.01. The smallest absolute Gasteiger partial charge is 0.309 e. The molecule has 1 rings (SSSR count). The third-order valence-corrected chi connectivity index (χ3v) is 4.22. The van der Waals surface area contributed by atoms with Crippen molar-refractivity contribution < 1.29 is 14.6 Å². The van der Waals surface area contributed by atoms with Crippen LogP contribution in [-0.4, -0.2) is 24.8 Å². The molecule has 1 saturated carbocycles. The van der Waals surface area contributed by atoms with Crippen LogP contribution in [0.4, 0.5) is 0 Å². The van der Waals surface area contributed by atoms with Crippen molar-refractivity contribution in [3.8, 4) is 0 Å². The number of carboxylic acid groups (broad SMARTS) is 1. The highest BCUT2D eigenvalue weighted by molar-refractivity contribution is 5.74. The van der Waals surface area contributed by atoms with E-state index in [1.807, 2.05) is 0 Å². The molecule has 0 bridgehead atoms. The molecule has 1 aliphatic carbocycles. The van der Waals surface area contributed by atoms with Crippen LogP contribution in [0.5, 0.6) is 0 Å². The van der Waals surface area contributed by atoms with Crippen molar-refractivity contribution in [2.45, 2.75) is 58.3 Å². The van der Waals surface area contributed by atoms with E-state index in [0.717, 1.165) is 44.4 Å². The molecule has 0 aromatic carbocycles. The third-order valence-electron chi connectivity index (χ3n) is 4.22. The summed E-state index contributed by atoms with van der Waals surface area (Å²) in [6, 6.07) is 0. The van der Waals surface area contributed by atoms with Crippen LogP contribution in [-0.2, 0) is 9.53 Å². The molecule has 0 unspecified atom stereocenters. The van der Waals surface area contributed by atoms with Crippen LogP contribution in [0.1, 0.15) is 58.3 Å². The SMILES string of the molecule is CCCC1CCC(CCCOC)(C(=O)O)CC1. The van der Waals surface area contributed by atoms with E-state index >= 15 is 0 Å². The van der Waals surface area contributed by atoms with Crippen molar-refractivity contribution in [2.75, 3.05) is 13.7 Å². The van der Waals surface area contributed by atoms with Gasteiger partial charge in [0.25, 0.3) is 0 Å². The maximum absolute atomic E-state index is 11.5. The van der Waals surface area contributed by atoms with E-state index < -0.39 is 11.4 Å². The highest BCUT2D eigenvalue weighted by Gasteiger charge is 2.40. The Hall–Kier alpha value is -0.570. The number of rotatable bonds is 7. The Kier molecular flexibility index (Phi) is 5.96. The first-order valence-electron chi connectivity index (χ1n) is 6.87. The molecule has 0 aliphatic heterocycles. The Bertz CT molecular complexity index is 230. The number of methoxy groups -OCH3 is 1. The standard InChI is InChI=1S/C14H26O3/c1-3-5-12-6-9-14(10-7-12,13(15)16)8-4-11-17-2/h12H,3-11H2,1-2H3,(H,15,16). The lowest BCUT2D eigenvalue weighted by atomic mass is 9.67. The van der Waals surface area contributed by atoms with Gasteiger partial charge in [-0.15, -0.1) is 0 Å². The van der Waals surface area contributed by atoms with Crippen LogP contribution < -0.4 is 0 Å². The van der Waals surface area contributed by atoms with Crippen LogP contribution >= 0.6 is 0 Å². The van der Waals surface area contributed by atoms with E-state index in [0.29, 0.717) is 6.61 Å². The van der Waals surface area contributed by atoms with E-state index in [1.165, 1.54) is 12.8 Å². The third kappa shape index (κ3) is 3.98. The Morgan fingerprint density at radius 2 is 2.06 bits per heavy atom. The summed E-state index contributed by atoms with van der Waals surface area (Å²) in [6.45, 7) is 2.88. The maximum Gasteiger partial charge on any atom is 0.309 e. The van der Waals surface area contributed by atoms with Crippen LogP contribution in [0, 0.1) is 11.3 Å². The highest BCUT2D eigenvalue weighted by atomic mass is 16.5. The number of hydrogen-bond acceptors (Lipinski definition) is 2. The molecule has 3 nitrogen and oxygen atoms in total. The van der Waals surface area contributed by atoms with E-state index in [4.69, 9.17) is 4.74 Å². The minimum Gasteiger partial charge on any atom is -0.481 e. The molecule has 0 radical (unpaired) electrons. The Labute approximate surface area is 105 Å². The minimum atomic E-state index is -0.594. The molecule has 0 amide bonds. The largest absolute Gasteiger partial charge is 0.481 e. The fraction of sp³-hybridized carbons (Fsp3) is 0.929. The van der Waals surface area contributed by atoms with Gasteiger partial charge in [-0.1, -0.05) is 19.8 Å². The van der Waals surface area contributed by atoms with Crippen molar-refractivity contribution in [1.29, 1.82) is 0 Å². The monoisotopic (exact) mass is 242 g/mol. The number of aliphatic carboxylic acids is 1. The summed E-state index contributed by atoms with van der Waals surface area (Å²) in [4.78, 5) is 11.5. The first-order chi connectivity index (χ1) is 8.14. The lowest BCUT2D eigenvalue weighted by Gasteiger charge is -2.37. The van der Waals surface area contributed by atoms with Gasteiger partial charge in [-0.2, -0.15) is 0 Å². The van der Waals surface area contributed by atoms with Crippen molar-refractivity contribution in [2.24, 2.45) is 11.3 Å². The second-order valence-electron chi connectivity index (χ2n) is 5.41. The van der Waals surface area contributed by atoms with Gasteiger partial charge in [0.05, 0.1) is 5.41 Å². The number of carbonyl (C=O) groups is 1. The fourth-order valence-corrected chi connectivity index (χ4v) is 3.05. The molecule has 0 atom stereocenters. The Morgan fingerprint density at radius 3 is 2.53 bits per heavy atom. The average Bonchev–Trinajstić information content (AvgIpc) is 2.32. The van der Waals surface area contributed by atoms with Gasteiger partial charge in [0.2, 0.25) is 0 Å². The molecule has 0 spiro atoms. The summed E-state index contributed by atoms with van der Waals surface area (Å²) in [5.41, 5.74) is -0.456. The zero-order valence-electron chi connectivity index (χ0n) is 11.2. The molecular weight excluding hydrogens is 216 g/mol. The molecule has 0 saturated heterocycles. The van der Waals surface area contributed by atoms with Crippen molar-refractivity contribution >= 4 is 5.97 Å². The molecule has 1 fully saturated rings. The topological polar surface area (TPSA) is 46.5 Å². The Morgan fingerprint density at radius 1 is 1.41 bits per heavy atom. The summed E-state index contributed by atoms with van der Waals surface area (Å²) in [7, 11) is 1.67. The molecule has 0 heterocycles. The van der Waals surface area contributed by atoms with Crippen molar-refractivity contribution in [3.05, 3.63) is 0 Å². The molecule has 100 valence electrons. The van der Waals surface area contributed by atoms with Gasteiger partial charge in [-0.05, 0) is 44.4 Å². The molecule has 1 aliphatic rings. The Balaban J connectivity index is 2.48. The molecule has 3 heteroatoms. The fourth-order valence-electron chi connectivity index (χ4n) is 3.05. The van der Waals surface area contributed by atoms with Crippen LogP contribution in [0.25, 0.3) is 0 Å². The van der Waals surface area contributed by atoms with Gasteiger partial charge >= 0.3 is 5.97 Å². The van der Waals surface area contributed by atoms with Gasteiger partial charge in [0.1, 0.15) is 0 Å². The lowest BCUT2D eigenvalue weighted by molar-refractivity contribution is -0.152. The second kappa shape index (κ2) is 7.00. The van der Waals surface area contributed by atoms with Crippen molar-refractivity contribution in [3.63, 3.8) is 0 Å². The molecular formula is C14H26O3. The van der Waals surface area contributed by atoms with Gasteiger partial charge in [0.15, 0.2) is 0 Å². The van der Waals surface area contributed by atoms with Crippen LogP contribution in [0.2, 0.25) is 0 Å². The minimum absolute atomic E-state index is 0.456. The first-order valence-corrected chi connectivity index (χ1v) is 6.87. The molecule has 0 aromatic rings. The van der Waals surface area contributed by atoms with E-state index in [9.17, 15) is 9.90 Å². The molecule has 1 N–H and O–H groups in total. The van der Waals surface area contributed by atoms with Crippen LogP contribution in [0.3, 0.4) is 0 Å². The number of hydrogen-bond donors (Lipinski definition) is 1. The zero-order chi connectivity index (χ0) is 12.7. The predicted octanol–water partition coefficient (Wildman–Crippen LogP) is 3.47. The quantitative estimate of drug-likeness (QED) is 0.695. The van der Waals surface area contributed by atoms with Gasteiger partial charge in [-0.3, -0.25) is 4.79 Å². The molecule has 17 heavy (non-hydrogen) atoms. The normalized spacial score (nSPS) is 29.2. The lowest BCUT2D eigenvalue weighted by Crippen LogP contribution is -2.35. The summed E-state index contributed by atoms with van der Waals surface area (Å²) in [5.74, 6) is 0.165. The van der Waals surface area contributed by atoms with E-state index in [1.54, 1.807) is 7.11 Å². The second-order valence-corrected chi connectivity index (χ2v) is 5.41. The van der Waals surface area contributed by atoms with E-state index in [2.05, 4.69) is 6.92 Å². The average molecular weight is 242 g/mol. The van der Waals surface area contributed by atoms with E-state index in [-0.39, 0.29) is 0 Å².